The largest absolute Gasteiger partial charge is 0.350 e. The van der Waals surface area contributed by atoms with Crippen LogP contribution >= 0.6 is 11.6 Å². The fraction of sp³-hybridized carbons (Fsp3) is 0.333. The van der Waals surface area contributed by atoms with Gasteiger partial charge in [0.2, 0.25) is 0 Å². The lowest BCUT2D eigenvalue weighted by Gasteiger charge is -2.06. The fourth-order valence-corrected chi connectivity index (χ4v) is 1.98. The smallest absolute Gasteiger partial charge is 0.273 e. The predicted molar refractivity (Wildman–Crippen MR) is 69.5 cm³/mol. The van der Waals surface area contributed by atoms with Gasteiger partial charge in [-0.05, 0) is 19.1 Å². The maximum Gasteiger partial charge on any atom is 0.273 e. The molecule has 2 heterocycles. The van der Waals surface area contributed by atoms with Gasteiger partial charge in [0.15, 0.2) is 5.69 Å². The number of nitrogens with zero attached hydrogens (tertiary/aromatic N) is 3. The highest BCUT2D eigenvalue weighted by Gasteiger charge is 2.14. The molecule has 18 heavy (non-hydrogen) atoms. The lowest BCUT2D eigenvalue weighted by molar-refractivity contribution is 0.0944. The number of aryl methyl sites for hydroxylation is 2. The minimum Gasteiger partial charge on any atom is -0.350 e. The van der Waals surface area contributed by atoms with Crippen LogP contribution in [0, 0.1) is 6.92 Å². The Labute approximate surface area is 110 Å². The third kappa shape index (κ3) is 2.41. The molecule has 0 saturated heterocycles. The molecule has 2 aromatic rings. The molecule has 0 atom stereocenters. The van der Waals surface area contributed by atoms with E-state index in [1.807, 2.05) is 30.7 Å². The topological polar surface area (TPSA) is 51.9 Å². The van der Waals surface area contributed by atoms with Crippen LogP contribution in [0.2, 0.25) is 5.02 Å². The minimum absolute atomic E-state index is 0.255. The second-order valence-electron chi connectivity index (χ2n) is 4.21. The average molecular weight is 267 g/mol. The normalized spacial score (nSPS) is 10.7. The summed E-state index contributed by atoms with van der Waals surface area (Å²) in [5, 5.41) is 7.18. The molecular weight excluding hydrogens is 252 g/mol. The van der Waals surface area contributed by atoms with E-state index in [1.54, 1.807) is 13.2 Å². The van der Waals surface area contributed by atoms with Crippen molar-refractivity contribution in [2.24, 2.45) is 14.1 Å². The van der Waals surface area contributed by atoms with Crippen molar-refractivity contribution in [1.29, 1.82) is 0 Å². The quantitative estimate of drug-likeness (QED) is 0.918. The minimum atomic E-state index is -0.264. The van der Waals surface area contributed by atoms with Crippen LogP contribution in [0.3, 0.4) is 0 Å². The standard InChI is InChI=1S/C12H15ClN4O/c1-8-4-5-9(17(8)3)6-14-12(18)11-10(13)7-16(2)15-11/h4-5,7H,6H2,1-3H3,(H,14,18). The monoisotopic (exact) mass is 266 g/mol. The highest BCUT2D eigenvalue weighted by molar-refractivity contribution is 6.33. The molecule has 0 aliphatic rings. The number of rotatable bonds is 3. The van der Waals surface area contributed by atoms with E-state index in [0.29, 0.717) is 11.6 Å². The highest BCUT2D eigenvalue weighted by Crippen LogP contribution is 2.13. The molecule has 0 bridgehead atoms. The van der Waals surface area contributed by atoms with Crippen molar-refractivity contribution in [3.05, 3.63) is 40.4 Å². The molecule has 0 aliphatic carbocycles. The summed E-state index contributed by atoms with van der Waals surface area (Å²) < 4.78 is 3.55. The van der Waals surface area contributed by atoms with Gasteiger partial charge in [0, 0.05) is 31.7 Å². The number of amides is 1. The third-order valence-corrected chi connectivity index (χ3v) is 3.18. The molecule has 1 N–H and O–H groups in total. The SMILES string of the molecule is Cc1ccc(CNC(=O)c2nn(C)cc2Cl)n1C. The number of carbonyl (C=O) groups excluding carboxylic acids is 1. The first-order valence-electron chi connectivity index (χ1n) is 5.57. The summed E-state index contributed by atoms with van der Waals surface area (Å²) in [7, 11) is 3.69. The molecule has 0 fully saturated rings. The molecule has 96 valence electrons. The second-order valence-corrected chi connectivity index (χ2v) is 4.61. The van der Waals surface area contributed by atoms with Crippen molar-refractivity contribution in [2.75, 3.05) is 0 Å². The van der Waals surface area contributed by atoms with E-state index in [2.05, 4.69) is 10.4 Å². The summed E-state index contributed by atoms with van der Waals surface area (Å²) in [5.41, 5.74) is 2.44. The Bertz CT molecular complexity index is 585. The lowest BCUT2D eigenvalue weighted by Crippen LogP contribution is -2.24. The van der Waals surface area contributed by atoms with Gasteiger partial charge in [0.05, 0.1) is 11.6 Å². The Morgan fingerprint density at radius 1 is 1.44 bits per heavy atom. The zero-order valence-corrected chi connectivity index (χ0v) is 11.3. The molecule has 0 unspecified atom stereocenters. The summed E-state index contributed by atoms with van der Waals surface area (Å²) in [4.78, 5) is 11.9. The first-order valence-corrected chi connectivity index (χ1v) is 5.95. The molecule has 0 aliphatic heterocycles. The van der Waals surface area contributed by atoms with Gasteiger partial charge in [-0.1, -0.05) is 11.6 Å². The van der Waals surface area contributed by atoms with E-state index in [4.69, 9.17) is 11.6 Å². The molecule has 2 rings (SSSR count). The summed E-state index contributed by atoms with van der Waals surface area (Å²) >= 11 is 5.91. The van der Waals surface area contributed by atoms with E-state index in [1.165, 1.54) is 4.68 Å². The fourth-order valence-electron chi connectivity index (χ4n) is 1.71. The average Bonchev–Trinajstić information content (AvgIpc) is 2.81. The Kier molecular flexibility index (Phi) is 3.43. The van der Waals surface area contributed by atoms with Gasteiger partial charge in [-0.15, -0.1) is 0 Å². The third-order valence-electron chi connectivity index (χ3n) is 2.91. The van der Waals surface area contributed by atoms with Crippen molar-refractivity contribution >= 4 is 17.5 Å². The van der Waals surface area contributed by atoms with Gasteiger partial charge in [-0.2, -0.15) is 5.10 Å². The van der Waals surface area contributed by atoms with Crippen LogP contribution in [0.15, 0.2) is 18.3 Å². The second kappa shape index (κ2) is 4.86. The first-order chi connectivity index (χ1) is 8.49. The number of halogens is 1. The van der Waals surface area contributed by atoms with Crippen LogP contribution in [0.1, 0.15) is 21.9 Å². The van der Waals surface area contributed by atoms with Gasteiger partial charge in [0.1, 0.15) is 0 Å². The molecule has 0 saturated carbocycles. The van der Waals surface area contributed by atoms with Gasteiger partial charge in [-0.3, -0.25) is 9.48 Å². The Morgan fingerprint density at radius 2 is 2.17 bits per heavy atom. The van der Waals surface area contributed by atoms with Crippen molar-refractivity contribution < 1.29 is 4.79 Å². The van der Waals surface area contributed by atoms with Crippen LogP contribution in [0.4, 0.5) is 0 Å². The van der Waals surface area contributed by atoms with Crippen LogP contribution in [0.5, 0.6) is 0 Å². The zero-order valence-electron chi connectivity index (χ0n) is 10.6. The summed E-state index contributed by atoms with van der Waals surface area (Å²) in [6.07, 6.45) is 1.60. The molecule has 0 radical (unpaired) electrons. The predicted octanol–water partition coefficient (Wildman–Crippen LogP) is 1.65. The van der Waals surface area contributed by atoms with Gasteiger partial charge < -0.3 is 9.88 Å². The van der Waals surface area contributed by atoms with E-state index < -0.39 is 0 Å². The van der Waals surface area contributed by atoms with Crippen LogP contribution < -0.4 is 5.32 Å². The zero-order chi connectivity index (χ0) is 13.3. The number of carbonyl (C=O) groups is 1. The molecule has 1 amide bonds. The maximum absolute atomic E-state index is 11.9. The summed E-state index contributed by atoms with van der Waals surface area (Å²) in [5.74, 6) is -0.264. The molecule has 0 aromatic carbocycles. The summed E-state index contributed by atoms with van der Waals surface area (Å²) in [6.45, 7) is 2.47. The van der Waals surface area contributed by atoms with Gasteiger partial charge in [-0.25, -0.2) is 0 Å². The van der Waals surface area contributed by atoms with Crippen LogP contribution in [-0.2, 0) is 20.6 Å². The number of nitrogens with one attached hydrogen (secondary N) is 1. The van der Waals surface area contributed by atoms with E-state index in [-0.39, 0.29) is 11.6 Å². The molecule has 6 heteroatoms. The van der Waals surface area contributed by atoms with E-state index in [0.717, 1.165) is 11.4 Å². The highest BCUT2D eigenvalue weighted by atomic mass is 35.5. The van der Waals surface area contributed by atoms with Gasteiger partial charge >= 0.3 is 0 Å². The Balaban J connectivity index is 2.05. The molecular formula is C12H15ClN4O. The number of hydrogen-bond donors (Lipinski definition) is 1. The lowest BCUT2D eigenvalue weighted by atomic mass is 10.3. The maximum atomic E-state index is 11.9. The van der Waals surface area contributed by atoms with E-state index >= 15 is 0 Å². The van der Waals surface area contributed by atoms with Crippen molar-refractivity contribution in [3.63, 3.8) is 0 Å². The molecule has 5 nitrogen and oxygen atoms in total. The Hall–Kier alpha value is -1.75. The van der Waals surface area contributed by atoms with Crippen molar-refractivity contribution in [1.82, 2.24) is 19.7 Å². The first kappa shape index (κ1) is 12.7. The number of aromatic nitrogens is 3. The molecule has 0 spiro atoms. The number of hydrogen-bond acceptors (Lipinski definition) is 2. The Morgan fingerprint density at radius 3 is 2.67 bits per heavy atom. The van der Waals surface area contributed by atoms with Gasteiger partial charge in [0.25, 0.3) is 5.91 Å². The summed E-state index contributed by atoms with van der Waals surface area (Å²) in [6, 6.07) is 3.99. The molecule has 2 aromatic heterocycles. The van der Waals surface area contributed by atoms with Crippen molar-refractivity contribution in [3.8, 4) is 0 Å². The van der Waals surface area contributed by atoms with Crippen molar-refractivity contribution in [2.45, 2.75) is 13.5 Å². The van der Waals surface area contributed by atoms with E-state index in [9.17, 15) is 4.79 Å². The van der Waals surface area contributed by atoms with Crippen LogP contribution in [-0.4, -0.2) is 20.3 Å². The van der Waals surface area contributed by atoms with Crippen LogP contribution in [0.25, 0.3) is 0 Å².